The van der Waals surface area contributed by atoms with Crippen molar-refractivity contribution in [3.63, 3.8) is 0 Å². The minimum atomic E-state index is -1.11. The lowest BCUT2D eigenvalue weighted by molar-refractivity contribution is -0.127. The number of Topliss-reactive ketones (excluding diaryl/α,β-unsaturated/α-hetero) is 2. The Bertz CT molecular complexity index is 192. The van der Waals surface area contributed by atoms with E-state index in [0.717, 1.165) is 0 Å². The van der Waals surface area contributed by atoms with Crippen molar-refractivity contribution in [1.29, 1.82) is 0 Å². The summed E-state index contributed by atoms with van der Waals surface area (Å²) in [5.74, 6) is -0.208. The van der Waals surface area contributed by atoms with Crippen LogP contribution in [0, 0.1) is 0 Å². The zero-order chi connectivity index (χ0) is 7.78. The molecule has 3 nitrogen and oxygen atoms in total. The maximum atomic E-state index is 11.0. The third kappa shape index (κ3) is 0.701. The van der Waals surface area contributed by atoms with Crippen LogP contribution in [0.15, 0.2) is 4.99 Å². The van der Waals surface area contributed by atoms with E-state index < -0.39 is 5.54 Å². The lowest BCUT2D eigenvalue weighted by Crippen LogP contribution is -2.34. The summed E-state index contributed by atoms with van der Waals surface area (Å²) in [6.07, 6.45) is 0.655. The average Bonchev–Trinajstić information content (AvgIpc) is 2.18. The van der Waals surface area contributed by atoms with Crippen LogP contribution in [0.25, 0.3) is 0 Å². The smallest absolute Gasteiger partial charge is 0.173 e. The van der Waals surface area contributed by atoms with E-state index >= 15 is 0 Å². The van der Waals surface area contributed by atoms with Gasteiger partial charge in [-0.2, -0.15) is 0 Å². The Hall–Kier alpha value is -0.990. The Morgan fingerprint density at radius 1 is 1.40 bits per heavy atom. The van der Waals surface area contributed by atoms with Gasteiger partial charge in [0.2, 0.25) is 0 Å². The molecule has 1 rings (SSSR count). The molecular formula is C7H9NO2. The van der Waals surface area contributed by atoms with Crippen LogP contribution in [0.5, 0.6) is 0 Å². The van der Waals surface area contributed by atoms with Gasteiger partial charge in [-0.1, -0.05) is 0 Å². The molecule has 0 atom stereocenters. The Morgan fingerprint density at radius 3 is 2.00 bits per heavy atom. The standard InChI is InChI=1S/C7H9NO2/c1-7(8-2)5(9)3-4-6(7)10/h2-4H2,1H3. The number of rotatable bonds is 1. The Labute approximate surface area is 59.1 Å². The number of nitrogens with zero attached hydrogens (tertiary/aromatic N) is 1. The lowest BCUT2D eigenvalue weighted by Gasteiger charge is -2.11. The van der Waals surface area contributed by atoms with Crippen molar-refractivity contribution in [1.82, 2.24) is 0 Å². The van der Waals surface area contributed by atoms with Gasteiger partial charge in [0, 0.05) is 12.8 Å². The Kier molecular flexibility index (Phi) is 1.43. The summed E-state index contributed by atoms with van der Waals surface area (Å²) in [6.45, 7) is 4.75. The van der Waals surface area contributed by atoms with Gasteiger partial charge in [-0.05, 0) is 13.6 Å². The molecule has 0 saturated heterocycles. The molecule has 0 aromatic carbocycles. The third-order valence-electron chi connectivity index (χ3n) is 1.98. The van der Waals surface area contributed by atoms with Crippen LogP contribution in [0.1, 0.15) is 19.8 Å². The van der Waals surface area contributed by atoms with Crippen LogP contribution in [-0.4, -0.2) is 23.8 Å². The van der Waals surface area contributed by atoms with Crippen molar-refractivity contribution in [3.05, 3.63) is 0 Å². The van der Waals surface area contributed by atoms with Gasteiger partial charge in [0.05, 0.1) is 0 Å². The zero-order valence-electron chi connectivity index (χ0n) is 5.89. The summed E-state index contributed by atoms with van der Waals surface area (Å²) in [5, 5.41) is 0. The molecule has 0 unspecified atom stereocenters. The third-order valence-corrected chi connectivity index (χ3v) is 1.98. The molecule has 0 aliphatic heterocycles. The molecule has 1 saturated carbocycles. The van der Waals surface area contributed by atoms with Gasteiger partial charge >= 0.3 is 0 Å². The molecule has 0 amide bonds. The van der Waals surface area contributed by atoms with Crippen LogP contribution < -0.4 is 0 Å². The lowest BCUT2D eigenvalue weighted by atomic mass is 10.00. The molecule has 54 valence electrons. The van der Waals surface area contributed by atoms with Gasteiger partial charge in [-0.15, -0.1) is 0 Å². The van der Waals surface area contributed by atoms with Crippen LogP contribution in [0.3, 0.4) is 0 Å². The van der Waals surface area contributed by atoms with Gasteiger partial charge in [-0.3, -0.25) is 14.6 Å². The number of carbonyl (C=O) groups is 2. The normalized spacial score (nSPS) is 23.3. The quantitative estimate of drug-likeness (QED) is 0.389. The molecule has 1 fully saturated rings. The maximum absolute atomic E-state index is 11.0. The summed E-state index contributed by atoms with van der Waals surface area (Å²) in [6, 6.07) is 0. The van der Waals surface area contributed by atoms with E-state index in [4.69, 9.17) is 0 Å². The first kappa shape index (κ1) is 7.12. The highest BCUT2D eigenvalue weighted by Crippen LogP contribution is 2.25. The molecule has 1 aliphatic rings. The second kappa shape index (κ2) is 2.01. The highest BCUT2D eigenvalue weighted by atomic mass is 16.2. The largest absolute Gasteiger partial charge is 0.296 e. The fourth-order valence-electron chi connectivity index (χ4n) is 1.05. The zero-order valence-corrected chi connectivity index (χ0v) is 5.89. The number of aliphatic imine (C=N–C) groups is 1. The highest BCUT2D eigenvalue weighted by Gasteiger charge is 2.44. The summed E-state index contributed by atoms with van der Waals surface area (Å²) in [4.78, 5) is 25.5. The van der Waals surface area contributed by atoms with Crippen molar-refractivity contribution in [2.75, 3.05) is 0 Å². The first-order valence-electron chi connectivity index (χ1n) is 3.16. The van der Waals surface area contributed by atoms with E-state index in [2.05, 4.69) is 11.7 Å². The summed E-state index contributed by atoms with van der Waals surface area (Å²) >= 11 is 0. The number of ketones is 2. The van der Waals surface area contributed by atoms with Crippen molar-refractivity contribution in [3.8, 4) is 0 Å². The molecule has 0 bridgehead atoms. The van der Waals surface area contributed by atoms with Gasteiger partial charge in [0.25, 0.3) is 0 Å². The first-order valence-corrected chi connectivity index (χ1v) is 3.16. The SMILES string of the molecule is C=NC1(C)C(=O)CCC1=O. The number of carbonyl (C=O) groups excluding carboxylic acids is 2. The molecule has 3 heteroatoms. The van der Waals surface area contributed by atoms with Gasteiger partial charge in [0.1, 0.15) is 0 Å². The summed E-state index contributed by atoms with van der Waals surface area (Å²) in [7, 11) is 0. The minimum absolute atomic E-state index is 0.104. The van der Waals surface area contributed by atoms with Gasteiger partial charge in [0.15, 0.2) is 17.1 Å². The second-order valence-electron chi connectivity index (χ2n) is 2.58. The molecule has 0 heterocycles. The minimum Gasteiger partial charge on any atom is -0.296 e. The van der Waals surface area contributed by atoms with Crippen molar-refractivity contribution >= 4 is 18.3 Å². The van der Waals surface area contributed by atoms with Crippen LogP contribution in [-0.2, 0) is 9.59 Å². The van der Waals surface area contributed by atoms with E-state index in [1.54, 1.807) is 0 Å². The fourth-order valence-corrected chi connectivity index (χ4v) is 1.05. The molecule has 10 heavy (non-hydrogen) atoms. The molecule has 0 aromatic heterocycles. The van der Waals surface area contributed by atoms with Crippen molar-refractivity contribution < 1.29 is 9.59 Å². The highest BCUT2D eigenvalue weighted by molar-refractivity contribution is 6.17. The predicted octanol–water partition coefficient (Wildman–Crippen LogP) is 0.378. The molecule has 0 aromatic rings. The molecule has 0 spiro atoms. The van der Waals surface area contributed by atoms with E-state index in [9.17, 15) is 9.59 Å². The van der Waals surface area contributed by atoms with E-state index in [0.29, 0.717) is 12.8 Å². The number of hydrogen-bond donors (Lipinski definition) is 0. The average molecular weight is 139 g/mol. The maximum Gasteiger partial charge on any atom is 0.173 e. The van der Waals surface area contributed by atoms with Gasteiger partial charge < -0.3 is 0 Å². The molecule has 0 radical (unpaired) electrons. The Morgan fingerprint density at radius 2 is 1.80 bits per heavy atom. The Balaban J connectivity index is 3.01. The molecule has 1 aliphatic carbocycles. The predicted molar refractivity (Wildman–Crippen MR) is 37.2 cm³/mol. The van der Waals surface area contributed by atoms with Gasteiger partial charge in [-0.25, -0.2) is 0 Å². The second-order valence-corrected chi connectivity index (χ2v) is 2.58. The first-order chi connectivity index (χ1) is 4.61. The molecule has 0 N–H and O–H groups in total. The van der Waals surface area contributed by atoms with Crippen molar-refractivity contribution in [2.45, 2.75) is 25.3 Å². The molecular weight excluding hydrogens is 130 g/mol. The van der Waals surface area contributed by atoms with Crippen LogP contribution >= 0.6 is 0 Å². The number of hydrogen-bond acceptors (Lipinski definition) is 3. The van der Waals surface area contributed by atoms with E-state index in [1.165, 1.54) is 6.92 Å². The summed E-state index contributed by atoms with van der Waals surface area (Å²) in [5.41, 5.74) is -1.11. The monoisotopic (exact) mass is 139 g/mol. The van der Waals surface area contributed by atoms with E-state index in [1.807, 2.05) is 0 Å². The van der Waals surface area contributed by atoms with E-state index in [-0.39, 0.29) is 11.6 Å². The van der Waals surface area contributed by atoms with Crippen molar-refractivity contribution in [2.24, 2.45) is 4.99 Å². The summed E-state index contributed by atoms with van der Waals surface area (Å²) < 4.78 is 0. The fraction of sp³-hybridized carbons (Fsp3) is 0.571. The van der Waals surface area contributed by atoms with Crippen LogP contribution in [0.4, 0.5) is 0 Å². The topological polar surface area (TPSA) is 46.5 Å². The van der Waals surface area contributed by atoms with Crippen LogP contribution in [0.2, 0.25) is 0 Å².